The van der Waals surface area contributed by atoms with Crippen molar-refractivity contribution in [3.63, 3.8) is 0 Å². The Kier molecular flexibility index (Phi) is 21.6. The van der Waals surface area contributed by atoms with Gasteiger partial charge in [0.25, 0.3) is 5.91 Å². The number of amides is 6. The van der Waals surface area contributed by atoms with E-state index in [1.54, 1.807) is 74.8 Å². The first kappa shape index (κ1) is 69.2. The molecule has 0 bridgehead atoms. The third kappa shape index (κ3) is 16.5. The number of nitrogens with zero attached hydrogens (tertiary/aromatic N) is 6. The van der Waals surface area contributed by atoms with E-state index in [1.165, 1.54) is 31.0 Å². The Labute approximate surface area is 532 Å². The number of anilines is 2. The highest BCUT2D eigenvalue weighted by molar-refractivity contribution is 6.04. The molecular weight excluding hydrogens is 1170 g/mol. The van der Waals surface area contributed by atoms with E-state index in [-0.39, 0.29) is 67.9 Å². The molecule has 8 atom stereocenters. The van der Waals surface area contributed by atoms with Gasteiger partial charge in [0.2, 0.25) is 17.7 Å². The number of halogens is 3. The fourth-order valence-electron chi connectivity index (χ4n) is 12.4. The molecule has 0 spiro atoms. The predicted octanol–water partition coefficient (Wildman–Crippen LogP) is 9.16. The number of hydrogen-bond donors (Lipinski definition) is 2. The van der Waals surface area contributed by atoms with Gasteiger partial charge in [0, 0.05) is 88.9 Å². The molecule has 4 aromatic carbocycles. The molecule has 8 rings (SSSR count). The molecule has 2 saturated heterocycles. The maximum Gasteiger partial charge on any atom is 0.410 e. The van der Waals surface area contributed by atoms with Gasteiger partial charge in [0.15, 0.2) is 11.6 Å². The minimum Gasteiger partial charge on any atom is -0.444 e. The zero-order chi connectivity index (χ0) is 66.6. The number of carbonyl (C=O) groups is 8. The summed E-state index contributed by atoms with van der Waals surface area (Å²) in [6.45, 7) is 23.8. The second kappa shape index (κ2) is 28.4. The molecule has 0 aromatic heterocycles. The van der Waals surface area contributed by atoms with Crippen LogP contribution < -0.4 is 15.5 Å². The summed E-state index contributed by atoms with van der Waals surface area (Å²) in [5.74, 6) is -7.08. The van der Waals surface area contributed by atoms with Crippen molar-refractivity contribution in [1.82, 2.24) is 29.8 Å². The van der Waals surface area contributed by atoms with Gasteiger partial charge in [-0.1, -0.05) is 68.8 Å². The molecule has 19 nitrogen and oxygen atoms in total. The molecule has 0 saturated carbocycles. The average Bonchev–Trinajstić information content (AvgIpc) is 1.62. The van der Waals surface area contributed by atoms with E-state index < -0.39 is 106 Å². The zero-order valence-electron chi connectivity index (χ0n) is 54.8. The second-order valence-corrected chi connectivity index (χ2v) is 27.3. The normalized spacial score (nSPS) is 21.3. The first-order chi connectivity index (χ1) is 42.7. The Bertz CT molecular complexity index is 3370. The number of Topliss-reactive ketones (excluding diaryl/α,β-unsaturated/α-hetero) is 2. The number of nitrogens with one attached hydrogen (secondary N) is 2. The SMILES string of the molecule is CC[C@H](C)[C@H](CC(=O)[C@H](C)N(C)C(=O)OC(C)(C)C)C(=O)N1Cc2ccc(CC(=O)CNC(=O)[C@]3(C)CN(C(=O)CN4C[C@@H](C)N(C(=O)OC(C)(C)C)C[C@@H]4CN4CCOC[C@H]4C)c4cc(Cc5ccc(F)cc5)ccc43)cc2[C@H]1C(=O)Nc1c(F)cccc1F. The van der Waals surface area contributed by atoms with Crippen LogP contribution in [0.15, 0.2) is 78.9 Å². The Hall–Kier alpha value is -7.69. The quantitative estimate of drug-likeness (QED) is 0.0847. The standard InChI is InChI=1S/C69H89F3N8O11/c1-14-41(2)52(32-58(82)44(5)75(13)65(87)90-67(6,7)8)63(85)79-35-48-22-18-47(30-53(48)61(79)62(84)74-60-55(71)16-15-17-56(60)72)29-51(81)33-73-64(86)69(12)40-80(57-31-46(21-25-54(57)69)28-45-19-23-49(70)24-20-45)59(83)38-77-34-42(3)78(66(88)91-68(9,10)11)37-50(77)36-76-26-27-89-39-43(76)4/h15-25,30-31,41-44,50,52,61H,14,26-29,32-40H2,1-13H3,(H,73,86)(H,74,84)/t41-,42+,43+,44-,50-,52-,61-,69+/m0/s1. The number of rotatable bonds is 20. The highest BCUT2D eigenvalue weighted by atomic mass is 19.1. The van der Waals surface area contributed by atoms with E-state index in [9.17, 15) is 38.0 Å². The molecule has 0 unspecified atom stereocenters. The number of carbonyl (C=O) groups excluding carboxylic acids is 8. The van der Waals surface area contributed by atoms with Gasteiger partial charge < -0.3 is 44.4 Å². The van der Waals surface area contributed by atoms with Crippen molar-refractivity contribution in [3.8, 4) is 0 Å². The van der Waals surface area contributed by atoms with E-state index in [0.717, 1.165) is 34.2 Å². The van der Waals surface area contributed by atoms with Crippen LogP contribution in [0.4, 0.5) is 34.1 Å². The van der Waals surface area contributed by atoms with Crippen molar-refractivity contribution < 1.29 is 65.7 Å². The number of likely N-dealkylation sites (N-methyl/N-ethyl adjacent to an activating group) is 1. The smallest absolute Gasteiger partial charge is 0.410 e. The van der Waals surface area contributed by atoms with Gasteiger partial charge in [0.05, 0.1) is 37.8 Å². The first-order valence-corrected chi connectivity index (χ1v) is 31.4. The monoisotopic (exact) mass is 1260 g/mol. The number of ether oxygens (including phenoxy) is 3. The summed E-state index contributed by atoms with van der Waals surface area (Å²) in [5, 5.41) is 5.21. The van der Waals surface area contributed by atoms with E-state index in [4.69, 9.17) is 14.2 Å². The zero-order valence-corrected chi connectivity index (χ0v) is 54.8. The summed E-state index contributed by atoms with van der Waals surface area (Å²) in [4.78, 5) is 124. The van der Waals surface area contributed by atoms with Crippen LogP contribution in [0.2, 0.25) is 0 Å². The molecule has 0 radical (unpaired) electrons. The molecule has 492 valence electrons. The summed E-state index contributed by atoms with van der Waals surface area (Å²) >= 11 is 0. The lowest BCUT2D eigenvalue weighted by Crippen LogP contribution is -2.64. The predicted molar refractivity (Wildman–Crippen MR) is 337 cm³/mol. The third-order valence-corrected chi connectivity index (χ3v) is 18.0. The molecule has 4 aliphatic rings. The van der Waals surface area contributed by atoms with Crippen molar-refractivity contribution >= 4 is 58.8 Å². The number of ketones is 2. The molecule has 0 aliphatic carbocycles. The molecule has 4 aliphatic heterocycles. The minimum atomic E-state index is -1.48. The Morgan fingerprint density at radius 1 is 0.802 bits per heavy atom. The minimum absolute atomic E-state index is 0.0461. The molecule has 2 N–H and O–H groups in total. The van der Waals surface area contributed by atoms with Crippen LogP contribution in [-0.4, -0.2) is 173 Å². The van der Waals surface area contributed by atoms with Crippen molar-refractivity contribution in [1.29, 1.82) is 0 Å². The van der Waals surface area contributed by atoms with Gasteiger partial charge in [0.1, 0.15) is 40.4 Å². The molecule has 4 heterocycles. The van der Waals surface area contributed by atoms with Crippen LogP contribution in [0.25, 0.3) is 0 Å². The third-order valence-electron chi connectivity index (χ3n) is 18.0. The number of hydrogen-bond acceptors (Lipinski definition) is 13. The summed E-state index contributed by atoms with van der Waals surface area (Å²) in [6, 6.07) is 16.7. The maximum absolute atomic E-state index is 15.2. The van der Waals surface area contributed by atoms with E-state index in [0.29, 0.717) is 74.6 Å². The molecular formula is C69H89F3N8O11. The molecule has 22 heteroatoms. The van der Waals surface area contributed by atoms with Crippen LogP contribution in [0, 0.1) is 29.3 Å². The van der Waals surface area contributed by atoms with Crippen LogP contribution in [0.1, 0.15) is 135 Å². The summed E-state index contributed by atoms with van der Waals surface area (Å²) in [7, 11) is 1.43. The van der Waals surface area contributed by atoms with Crippen molar-refractivity contribution in [2.75, 3.05) is 76.3 Å². The van der Waals surface area contributed by atoms with E-state index >= 15 is 13.6 Å². The van der Waals surface area contributed by atoms with E-state index in [2.05, 4.69) is 27.4 Å². The maximum atomic E-state index is 15.2. The highest BCUT2D eigenvalue weighted by Crippen LogP contribution is 2.43. The van der Waals surface area contributed by atoms with Crippen LogP contribution in [-0.2, 0) is 67.8 Å². The second-order valence-electron chi connectivity index (χ2n) is 27.3. The Morgan fingerprint density at radius 2 is 1.46 bits per heavy atom. The van der Waals surface area contributed by atoms with Gasteiger partial charge in [-0.05, 0) is 145 Å². The Morgan fingerprint density at radius 3 is 2.11 bits per heavy atom. The van der Waals surface area contributed by atoms with Crippen molar-refractivity contribution in [2.45, 2.75) is 162 Å². The number of benzene rings is 4. The number of para-hydroxylation sites is 1. The van der Waals surface area contributed by atoms with Gasteiger partial charge in [-0.3, -0.25) is 38.6 Å². The number of morpholine rings is 1. The van der Waals surface area contributed by atoms with Gasteiger partial charge >= 0.3 is 12.2 Å². The van der Waals surface area contributed by atoms with Crippen LogP contribution in [0.5, 0.6) is 0 Å². The van der Waals surface area contributed by atoms with Gasteiger partial charge in [-0.15, -0.1) is 0 Å². The van der Waals surface area contributed by atoms with Crippen molar-refractivity contribution in [3.05, 3.63) is 130 Å². The topological polar surface area (TPSA) is 208 Å². The van der Waals surface area contributed by atoms with E-state index in [1.807, 2.05) is 52.8 Å². The molecule has 6 amide bonds. The molecule has 91 heavy (non-hydrogen) atoms. The summed E-state index contributed by atoms with van der Waals surface area (Å²) < 4.78 is 61.4. The lowest BCUT2D eigenvalue weighted by Gasteiger charge is -2.47. The van der Waals surface area contributed by atoms with Crippen LogP contribution in [0.3, 0.4) is 0 Å². The van der Waals surface area contributed by atoms with Gasteiger partial charge in [-0.25, -0.2) is 22.8 Å². The van der Waals surface area contributed by atoms with Crippen LogP contribution >= 0.6 is 0 Å². The highest BCUT2D eigenvalue weighted by Gasteiger charge is 2.49. The van der Waals surface area contributed by atoms with Gasteiger partial charge in [-0.2, -0.15) is 0 Å². The lowest BCUT2D eigenvalue weighted by atomic mass is 9.83. The number of piperazine rings is 1. The fourth-order valence-corrected chi connectivity index (χ4v) is 12.4. The first-order valence-electron chi connectivity index (χ1n) is 31.4. The lowest BCUT2D eigenvalue weighted by molar-refractivity contribution is -0.145. The van der Waals surface area contributed by atoms with Crippen molar-refractivity contribution in [2.24, 2.45) is 11.8 Å². The number of fused-ring (bicyclic) bond motifs is 2. The molecule has 2 fully saturated rings. The Balaban J connectivity index is 1.02. The molecule has 4 aromatic rings. The fraction of sp³-hybridized carbons (Fsp3) is 0.536. The summed E-state index contributed by atoms with van der Waals surface area (Å²) in [5.41, 5.74) is 0.234. The summed E-state index contributed by atoms with van der Waals surface area (Å²) in [6.07, 6.45) is -0.867. The average molecular weight is 1260 g/mol. The largest absolute Gasteiger partial charge is 0.444 e.